The summed E-state index contributed by atoms with van der Waals surface area (Å²) in [5.41, 5.74) is 0.236. The molecule has 0 aliphatic carbocycles. The van der Waals surface area contributed by atoms with Gasteiger partial charge in [0.1, 0.15) is 11.6 Å². The van der Waals surface area contributed by atoms with Crippen LogP contribution >= 0.6 is 0 Å². The number of amides is 1. The maximum atomic E-state index is 14.9. The highest BCUT2D eigenvalue weighted by Crippen LogP contribution is 2.41. The van der Waals surface area contributed by atoms with Crippen molar-refractivity contribution in [3.05, 3.63) is 65.0 Å². The molecular formula is C25H27FN2O6. The number of hydrogen-bond acceptors (Lipinski definition) is 7. The molecule has 0 spiro atoms. The molecule has 2 aliphatic heterocycles. The number of benzene rings is 2. The van der Waals surface area contributed by atoms with Crippen LogP contribution in [0.3, 0.4) is 0 Å². The van der Waals surface area contributed by atoms with E-state index in [4.69, 9.17) is 14.2 Å². The molecule has 0 radical (unpaired) electrons. The minimum absolute atomic E-state index is 0.144. The Hall–Kier alpha value is -3.43. The lowest BCUT2D eigenvalue weighted by Gasteiger charge is -2.31. The quantitative estimate of drug-likeness (QED) is 0.378. The molecule has 1 amide bonds. The number of carbonyl (C=O) groups is 2. The van der Waals surface area contributed by atoms with Gasteiger partial charge in [-0.15, -0.1) is 0 Å². The zero-order chi connectivity index (χ0) is 24.2. The third-order valence-corrected chi connectivity index (χ3v) is 6.16. The number of nitrogens with zero attached hydrogens (tertiary/aromatic N) is 2. The number of aliphatic hydroxyl groups is 1. The molecule has 2 saturated heterocycles. The van der Waals surface area contributed by atoms with Crippen molar-refractivity contribution in [2.45, 2.75) is 6.04 Å². The summed E-state index contributed by atoms with van der Waals surface area (Å²) >= 11 is 0. The van der Waals surface area contributed by atoms with Gasteiger partial charge in [0.05, 0.1) is 39.0 Å². The van der Waals surface area contributed by atoms with Gasteiger partial charge in [0.25, 0.3) is 11.7 Å². The van der Waals surface area contributed by atoms with E-state index in [-0.39, 0.29) is 23.2 Å². The average Bonchev–Trinajstić information content (AvgIpc) is 3.12. The smallest absolute Gasteiger partial charge is 0.295 e. The van der Waals surface area contributed by atoms with Crippen LogP contribution in [0.5, 0.6) is 11.5 Å². The van der Waals surface area contributed by atoms with E-state index in [9.17, 15) is 19.1 Å². The zero-order valence-corrected chi connectivity index (χ0v) is 19.1. The van der Waals surface area contributed by atoms with Gasteiger partial charge in [0.15, 0.2) is 11.5 Å². The second kappa shape index (κ2) is 10.2. The Morgan fingerprint density at radius 1 is 1.06 bits per heavy atom. The van der Waals surface area contributed by atoms with E-state index in [0.717, 1.165) is 0 Å². The average molecular weight is 470 g/mol. The predicted molar refractivity (Wildman–Crippen MR) is 122 cm³/mol. The van der Waals surface area contributed by atoms with Gasteiger partial charge < -0.3 is 24.2 Å². The van der Waals surface area contributed by atoms with Gasteiger partial charge in [-0.1, -0.05) is 18.2 Å². The van der Waals surface area contributed by atoms with E-state index >= 15 is 0 Å². The van der Waals surface area contributed by atoms with E-state index < -0.39 is 29.3 Å². The van der Waals surface area contributed by atoms with Gasteiger partial charge in [0.2, 0.25) is 0 Å². The third-order valence-electron chi connectivity index (χ3n) is 6.16. The van der Waals surface area contributed by atoms with Crippen LogP contribution in [0.2, 0.25) is 0 Å². The summed E-state index contributed by atoms with van der Waals surface area (Å²) in [6.45, 7) is 3.30. The Balaban J connectivity index is 1.77. The monoisotopic (exact) mass is 470 g/mol. The first-order valence-corrected chi connectivity index (χ1v) is 11.0. The molecule has 4 rings (SSSR count). The minimum Gasteiger partial charge on any atom is -0.507 e. The normalized spacial score (nSPS) is 20.6. The van der Waals surface area contributed by atoms with E-state index in [1.165, 1.54) is 43.4 Å². The van der Waals surface area contributed by atoms with Crippen LogP contribution in [-0.4, -0.2) is 80.2 Å². The maximum Gasteiger partial charge on any atom is 0.295 e. The Bertz CT molecular complexity index is 1110. The fraction of sp³-hybridized carbons (Fsp3) is 0.360. The number of ether oxygens (including phenoxy) is 3. The van der Waals surface area contributed by atoms with Gasteiger partial charge in [-0.2, -0.15) is 0 Å². The number of methoxy groups -OCH3 is 2. The molecule has 2 fully saturated rings. The van der Waals surface area contributed by atoms with E-state index in [0.29, 0.717) is 44.3 Å². The minimum atomic E-state index is -1.06. The van der Waals surface area contributed by atoms with E-state index in [2.05, 4.69) is 4.90 Å². The Labute approximate surface area is 197 Å². The van der Waals surface area contributed by atoms with Gasteiger partial charge >= 0.3 is 0 Å². The molecule has 0 bridgehead atoms. The Morgan fingerprint density at radius 3 is 2.44 bits per heavy atom. The SMILES string of the molecule is COc1ccc(/C(O)=C2/C(=O)C(=O)N(CCN3CCOCC3)C2c2ccccc2F)cc1OC. The van der Waals surface area contributed by atoms with Crippen molar-refractivity contribution in [3.63, 3.8) is 0 Å². The Morgan fingerprint density at radius 2 is 1.76 bits per heavy atom. The topological polar surface area (TPSA) is 88.5 Å². The number of hydrogen-bond donors (Lipinski definition) is 1. The fourth-order valence-corrected chi connectivity index (χ4v) is 4.34. The fourth-order valence-electron chi connectivity index (χ4n) is 4.34. The van der Waals surface area contributed by atoms with Crippen LogP contribution in [0.4, 0.5) is 4.39 Å². The molecule has 2 heterocycles. The zero-order valence-electron chi connectivity index (χ0n) is 19.1. The van der Waals surface area contributed by atoms with Gasteiger partial charge in [-0.05, 0) is 24.3 Å². The number of carbonyl (C=O) groups excluding carboxylic acids is 2. The molecule has 2 aliphatic rings. The van der Waals surface area contributed by atoms with Crippen LogP contribution in [-0.2, 0) is 14.3 Å². The Kier molecular flexibility index (Phi) is 7.14. The summed E-state index contributed by atoms with van der Waals surface area (Å²) in [4.78, 5) is 29.7. The van der Waals surface area contributed by atoms with Crippen molar-refractivity contribution < 1.29 is 33.3 Å². The van der Waals surface area contributed by atoms with Crippen LogP contribution in [0, 0.1) is 5.82 Å². The molecule has 1 atom stereocenters. The first-order valence-electron chi connectivity index (χ1n) is 11.0. The van der Waals surface area contributed by atoms with Crippen LogP contribution < -0.4 is 9.47 Å². The molecule has 1 N–H and O–H groups in total. The molecule has 2 aromatic carbocycles. The van der Waals surface area contributed by atoms with Crippen molar-refractivity contribution in [1.82, 2.24) is 9.80 Å². The first-order chi connectivity index (χ1) is 16.5. The summed E-state index contributed by atoms with van der Waals surface area (Å²) in [6.07, 6.45) is 0. The number of halogens is 1. The first kappa shape index (κ1) is 23.7. The lowest BCUT2D eigenvalue weighted by Crippen LogP contribution is -2.42. The second-order valence-electron chi connectivity index (χ2n) is 8.04. The number of Topliss-reactive ketones (excluding diaryl/α,β-unsaturated/α-hetero) is 1. The summed E-state index contributed by atoms with van der Waals surface area (Å²) in [6, 6.07) is 9.55. The molecule has 180 valence electrons. The largest absolute Gasteiger partial charge is 0.507 e. The van der Waals surface area contributed by atoms with E-state index in [1.54, 1.807) is 18.2 Å². The van der Waals surface area contributed by atoms with Crippen LogP contribution in [0.1, 0.15) is 17.2 Å². The van der Waals surface area contributed by atoms with Crippen molar-refractivity contribution in [1.29, 1.82) is 0 Å². The van der Waals surface area contributed by atoms with Crippen LogP contribution in [0.15, 0.2) is 48.0 Å². The molecule has 2 aromatic rings. The van der Waals surface area contributed by atoms with Crippen molar-refractivity contribution in [2.24, 2.45) is 0 Å². The summed E-state index contributed by atoms with van der Waals surface area (Å²) in [5.74, 6) is -1.82. The van der Waals surface area contributed by atoms with Crippen molar-refractivity contribution in [2.75, 3.05) is 53.6 Å². The van der Waals surface area contributed by atoms with Crippen molar-refractivity contribution >= 4 is 17.4 Å². The van der Waals surface area contributed by atoms with E-state index in [1.807, 2.05) is 0 Å². The maximum absolute atomic E-state index is 14.9. The lowest BCUT2D eigenvalue weighted by molar-refractivity contribution is -0.140. The number of likely N-dealkylation sites (tertiary alicyclic amines) is 1. The molecule has 8 nitrogen and oxygen atoms in total. The third kappa shape index (κ3) is 4.49. The predicted octanol–water partition coefficient (Wildman–Crippen LogP) is 2.60. The standard InChI is InChI=1S/C25H27FN2O6/c1-32-19-8-7-16(15-20(19)33-2)23(29)21-22(17-5-3-4-6-18(17)26)28(25(31)24(21)30)10-9-27-11-13-34-14-12-27/h3-8,15,22,29H,9-14H2,1-2H3/b23-21-. The summed E-state index contributed by atoms with van der Waals surface area (Å²) in [5, 5.41) is 11.2. The molecule has 9 heteroatoms. The molecule has 0 aromatic heterocycles. The number of ketones is 1. The summed E-state index contributed by atoms with van der Waals surface area (Å²) < 4.78 is 30.8. The number of rotatable bonds is 7. The lowest BCUT2D eigenvalue weighted by atomic mass is 9.95. The highest BCUT2D eigenvalue weighted by molar-refractivity contribution is 6.46. The molecular weight excluding hydrogens is 443 g/mol. The highest BCUT2D eigenvalue weighted by Gasteiger charge is 2.47. The van der Waals surface area contributed by atoms with Gasteiger partial charge in [-0.3, -0.25) is 14.5 Å². The second-order valence-corrected chi connectivity index (χ2v) is 8.04. The van der Waals surface area contributed by atoms with Gasteiger partial charge in [-0.25, -0.2) is 4.39 Å². The number of aliphatic hydroxyl groups excluding tert-OH is 1. The number of morpholine rings is 1. The van der Waals surface area contributed by atoms with Gasteiger partial charge in [0, 0.05) is 37.3 Å². The summed E-state index contributed by atoms with van der Waals surface area (Å²) in [7, 11) is 2.93. The van der Waals surface area contributed by atoms with Crippen molar-refractivity contribution in [3.8, 4) is 11.5 Å². The molecule has 34 heavy (non-hydrogen) atoms. The molecule has 1 unspecified atom stereocenters. The molecule has 0 saturated carbocycles. The van der Waals surface area contributed by atoms with Crippen LogP contribution in [0.25, 0.3) is 5.76 Å². The highest BCUT2D eigenvalue weighted by atomic mass is 19.1.